The SMILES string of the molecule is CNCc1c[nH]c2cccc(C(C)C)c12. The molecule has 0 saturated carbocycles. The molecule has 2 rings (SSSR count). The van der Waals surface area contributed by atoms with Crippen molar-refractivity contribution in [2.24, 2.45) is 0 Å². The Morgan fingerprint density at radius 3 is 2.80 bits per heavy atom. The number of hydrogen-bond acceptors (Lipinski definition) is 1. The Morgan fingerprint density at radius 2 is 2.13 bits per heavy atom. The summed E-state index contributed by atoms with van der Waals surface area (Å²) >= 11 is 0. The second-order valence-electron chi connectivity index (χ2n) is 4.27. The first kappa shape index (κ1) is 10.2. The fourth-order valence-electron chi connectivity index (χ4n) is 2.10. The molecule has 0 amide bonds. The van der Waals surface area contributed by atoms with Crippen LogP contribution < -0.4 is 5.32 Å². The second-order valence-corrected chi connectivity index (χ2v) is 4.27. The summed E-state index contributed by atoms with van der Waals surface area (Å²) in [6.07, 6.45) is 2.10. The minimum absolute atomic E-state index is 0.570. The Kier molecular flexibility index (Phi) is 2.78. The quantitative estimate of drug-likeness (QED) is 0.786. The first-order valence-electron chi connectivity index (χ1n) is 5.47. The molecule has 2 N–H and O–H groups in total. The number of fused-ring (bicyclic) bond motifs is 1. The molecule has 1 aromatic heterocycles. The van der Waals surface area contributed by atoms with Crippen molar-refractivity contribution in [3.63, 3.8) is 0 Å². The van der Waals surface area contributed by atoms with Gasteiger partial charge in [0.05, 0.1) is 0 Å². The van der Waals surface area contributed by atoms with E-state index in [0.29, 0.717) is 5.92 Å². The molecule has 0 unspecified atom stereocenters. The molecule has 80 valence electrons. The lowest BCUT2D eigenvalue weighted by atomic mass is 9.97. The van der Waals surface area contributed by atoms with Crippen molar-refractivity contribution in [1.29, 1.82) is 0 Å². The van der Waals surface area contributed by atoms with Gasteiger partial charge < -0.3 is 10.3 Å². The minimum Gasteiger partial charge on any atom is -0.361 e. The lowest BCUT2D eigenvalue weighted by Crippen LogP contribution is -2.04. The number of nitrogens with one attached hydrogen (secondary N) is 2. The minimum atomic E-state index is 0.570. The molecular weight excluding hydrogens is 184 g/mol. The van der Waals surface area contributed by atoms with E-state index in [2.05, 4.69) is 48.5 Å². The zero-order chi connectivity index (χ0) is 10.8. The smallest absolute Gasteiger partial charge is 0.0460 e. The second kappa shape index (κ2) is 4.07. The third-order valence-corrected chi connectivity index (χ3v) is 2.81. The van der Waals surface area contributed by atoms with Gasteiger partial charge in [0.2, 0.25) is 0 Å². The van der Waals surface area contributed by atoms with Crippen molar-refractivity contribution in [2.45, 2.75) is 26.3 Å². The molecule has 2 aromatic rings. The Labute approximate surface area is 90.7 Å². The van der Waals surface area contributed by atoms with Crippen molar-refractivity contribution >= 4 is 10.9 Å². The molecule has 0 atom stereocenters. The van der Waals surface area contributed by atoms with Crippen molar-refractivity contribution in [3.05, 3.63) is 35.5 Å². The summed E-state index contributed by atoms with van der Waals surface area (Å²) in [7, 11) is 1.98. The van der Waals surface area contributed by atoms with Crippen LogP contribution in [0.1, 0.15) is 30.9 Å². The van der Waals surface area contributed by atoms with Gasteiger partial charge in [-0.3, -0.25) is 0 Å². The Hall–Kier alpha value is -1.28. The van der Waals surface area contributed by atoms with Crippen LogP contribution in [-0.4, -0.2) is 12.0 Å². The van der Waals surface area contributed by atoms with E-state index in [9.17, 15) is 0 Å². The van der Waals surface area contributed by atoms with Gasteiger partial charge in [-0.1, -0.05) is 26.0 Å². The molecule has 0 aliphatic rings. The maximum atomic E-state index is 3.33. The van der Waals surface area contributed by atoms with Crippen LogP contribution in [0.2, 0.25) is 0 Å². The van der Waals surface area contributed by atoms with Gasteiger partial charge in [0.15, 0.2) is 0 Å². The van der Waals surface area contributed by atoms with Gasteiger partial charge in [-0.2, -0.15) is 0 Å². The van der Waals surface area contributed by atoms with Gasteiger partial charge >= 0.3 is 0 Å². The fraction of sp³-hybridized carbons (Fsp3) is 0.385. The molecule has 0 fully saturated rings. The van der Waals surface area contributed by atoms with E-state index >= 15 is 0 Å². The normalized spacial score (nSPS) is 11.5. The molecule has 0 aliphatic heterocycles. The van der Waals surface area contributed by atoms with E-state index in [4.69, 9.17) is 0 Å². The highest BCUT2D eigenvalue weighted by atomic mass is 14.8. The van der Waals surface area contributed by atoms with E-state index < -0.39 is 0 Å². The van der Waals surface area contributed by atoms with Gasteiger partial charge in [-0.15, -0.1) is 0 Å². The van der Waals surface area contributed by atoms with Crippen LogP contribution >= 0.6 is 0 Å². The largest absolute Gasteiger partial charge is 0.361 e. The predicted octanol–water partition coefficient (Wildman–Crippen LogP) is 3.01. The summed E-state index contributed by atoms with van der Waals surface area (Å²) < 4.78 is 0. The van der Waals surface area contributed by atoms with Crippen molar-refractivity contribution < 1.29 is 0 Å². The van der Waals surface area contributed by atoms with E-state index in [1.165, 1.54) is 22.0 Å². The molecule has 0 bridgehead atoms. The Balaban J connectivity index is 2.63. The zero-order valence-electron chi connectivity index (χ0n) is 9.59. The van der Waals surface area contributed by atoms with E-state index in [0.717, 1.165) is 6.54 Å². The molecular formula is C13H18N2. The zero-order valence-corrected chi connectivity index (χ0v) is 9.59. The average Bonchev–Trinajstić information content (AvgIpc) is 2.62. The first-order valence-corrected chi connectivity index (χ1v) is 5.47. The number of hydrogen-bond donors (Lipinski definition) is 2. The summed E-state index contributed by atoms with van der Waals surface area (Å²) in [6, 6.07) is 6.48. The monoisotopic (exact) mass is 202 g/mol. The molecule has 15 heavy (non-hydrogen) atoms. The molecule has 0 spiro atoms. The average molecular weight is 202 g/mol. The maximum absolute atomic E-state index is 3.33. The van der Waals surface area contributed by atoms with Crippen LogP contribution in [0.5, 0.6) is 0 Å². The molecule has 1 heterocycles. The molecule has 1 aromatic carbocycles. The van der Waals surface area contributed by atoms with Gasteiger partial charge in [0, 0.05) is 23.6 Å². The Bertz CT molecular complexity index is 455. The number of benzene rings is 1. The molecule has 2 heteroatoms. The first-order chi connectivity index (χ1) is 7.24. The topological polar surface area (TPSA) is 27.8 Å². The summed E-state index contributed by atoms with van der Waals surface area (Å²) in [5, 5.41) is 4.60. The van der Waals surface area contributed by atoms with Crippen LogP contribution in [-0.2, 0) is 6.54 Å². The third-order valence-electron chi connectivity index (χ3n) is 2.81. The van der Waals surface area contributed by atoms with Gasteiger partial charge in [-0.05, 0) is 30.2 Å². The number of H-pyrrole nitrogens is 1. The third kappa shape index (κ3) is 1.77. The highest BCUT2D eigenvalue weighted by Crippen LogP contribution is 2.27. The van der Waals surface area contributed by atoms with Gasteiger partial charge in [0.25, 0.3) is 0 Å². The summed E-state index contributed by atoms with van der Waals surface area (Å²) in [6.45, 7) is 5.40. The maximum Gasteiger partial charge on any atom is 0.0460 e. The Morgan fingerprint density at radius 1 is 1.33 bits per heavy atom. The van der Waals surface area contributed by atoms with Crippen LogP contribution in [0.3, 0.4) is 0 Å². The van der Waals surface area contributed by atoms with Crippen molar-refractivity contribution in [1.82, 2.24) is 10.3 Å². The van der Waals surface area contributed by atoms with Crippen molar-refractivity contribution in [2.75, 3.05) is 7.05 Å². The van der Waals surface area contributed by atoms with Crippen LogP contribution in [0, 0.1) is 0 Å². The highest BCUT2D eigenvalue weighted by molar-refractivity contribution is 5.87. The summed E-state index contributed by atoms with van der Waals surface area (Å²) in [5.41, 5.74) is 4.03. The number of aromatic amines is 1. The van der Waals surface area contributed by atoms with Crippen molar-refractivity contribution in [3.8, 4) is 0 Å². The van der Waals surface area contributed by atoms with Crippen LogP contribution in [0.4, 0.5) is 0 Å². The number of aromatic nitrogens is 1. The molecule has 2 nitrogen and oxygen atoms in total. The lowest BCUT2D eigenvalue weighted by Gasteiger charge is -2.09. The summed E-state index contributed by atoms with van der Waals surface area (Å²) in [4.78, 5) is 3.33. The number of rotatable bonds is 3. The molecule has 0 radical (unpaired) electrons. The van der Waals surface area contributed by atoms with Gasteiger partial charge in [-0.25, -0.2) is 0 Å². The summed E-state index contributed by atoms with van der Waals surface area (Å²) in [5.74, 6) is 0.570. The highest BCUT2D eigenvalue weighted by Gasteiger charge is 2.09. The van der Waals surface area contributed by atoms with E-state index in [1.54, 1.807) is 0 Å². The fourth-order valence-corrected chi connectivity index (χ4v) is 2.10. The van der Waals surface area contributed by atoms with E-state index in [-0.39, 0.29) is 0 Å². The molecule has 0 aliphatic carbocycles. The van der Waals surface area contributed by atoms with Crippen LogP contribution in [0.15, 0.2) is 24.4 Å². The molecule has 0 saturated heterocycles. The standard InChI is InChI=1S/C13H18N2/c1-9(2)11-5-4-6-12-13(11)10(7-14-3)8-15-12/h4-6,8-9,14-15H,7H2,1-3H3. The lowest BCUT2D eigenvalue weighted by molar-refractivity contribution is 0.819. The van der Waals surface area contributed by atoms with Crippen LogP contribution in [0.25, 0.3) is 10.9 Å². The predicted molar refractivity (Wildman–Crippen MR) is 65.2 cm³/mol. The van der Waals surface area contributed by atoms with E-state index in [1.807, 2.05) is 7.05 Å². The van der Waals surface area contributed by atoms with Gasteiger partial charge in [0.1, 0.15) is 0 Å².